The Morgan fingerprint density at radius 1 is 1.32 bits per heavy atom. The Kier molecular flexibility index (Phi) is 7.47. The van der Waals surface area contributed by atoms with Gasteiger partial charge in [-0.05, 0) is 57.0 Å². The van der Waals surface area contributed by atoms with Crippen LogP contribution in [0.3, 0.4) is 0 Å². The number of likely N-dealkylation sites (N-methyl/N-ethyl adjacent to an activating group) is 1. The van der Waals surface area contributed by atoms with Gasteiger partial charge in [0.05, 0.1) is 0 Å². The average Bonchev–Trinajstić information content (AvgIpc) is 3.21. The van der Waals surface area contributed by atoms with Crippen molar-refractivity contribution in [3.8, 4) is 0 Å². The van der Waals surface area contributed by atoms with Crippen molar-refractivity contribution in [3.63, 3.8) is 0 Å². The van der Waals surface area contributed by atoms with E-state index in [1.807, 2.05) is 31.1 Å². The Balaban J connectivity index is 1.62. The standard InChI is InChI=1S/C20H28FN5OS/c1-24(2)10-11-26(20(27)19-15-28-23-22-19)13-16-6-5-9-25(12-16)14-17-7-3-4-8-18(17)21/h3-4,7-8,15-16H,5-6,9-14H2,1-2H3. The van der Waals surface area contributed by atoms with Gasteiger partial charge in [-0.15, -0.1) is 5.10 Å². The maximum Gasteiger partial charge on any atom is 0.275 e. The molecule has 1 saturated heterocycles. The Hall–Kier alpha value is -1.90. The summed E-state index contributed by atoms with van der Waals surface area (Å²) in [5, 5.41) is 5.65. The first kappa shape index (κ1) is 20.8. The zero-order valence-corrected chi connectivity index (χ0v) is 17.4. The highest BCUT2D eigenvalue weighted by Crippen LogP contribution is 2.21. The molecule has 1 amide bonds. The predicted octanol–water partition coefficient (Wildman–Crippen LogP) is 2.59. The Bertz CT molecular complexity index is 755. The first-order valence-corrected chi connectivity index (χ1v) is 10.5. The number of piperidine rings is 1. The summed E-state index contributed by atoms with van der Waals surface area (Å²) < 4.78 is 17.8. The van der Waals surface area contributed by atoms with E-state index in [9.17, 15) is 9.18 Å². The lowest BCUT2D eigenvalue weighted by Gasteiger charge is -2.36. The number of hydrogen-bond donors (Lipinski definition) is 0. The van der Waals surface area contributed by atoms with Crippen LogP contribution in [-0.4, -0.2) is 77.0 Å². The van der Waals surface area contributed by atoms with Gasteiger partial charge < -0.3 is 9.80 Å². The van der Waals surface area contributed by atoms with Gasteiger partial charge in [-0.1, -0.05) is 22.7 Å². The molecule has 1 unspecified atom stereocenters. The van der Waals surface area contributed by atoms with Gasteiger partial charge in [0.25, 0.3) is 5.91 Å². The third kappa shape index (κ3) is 5.80. The highest BCUT2D eigenvalue weighted by molar-refractivity contribution is 7.03. The minimum absolute atomic E-state index is 0.0539. The first-order chi connectivity index (χ1) is 13.5. The van der Waals surface area contributed by atoms with Gasteiger partial charge in [0, 0.05) is 43.7 Å². The number of rotatable bonds is 8. The maximum atomic E-state index is 14.0. The molecule has 2 heterocycles. The third-order valence-corrected chi connectivity index (χ3v) is 5.62. The van der Waals surface area contributed by atoms with E-state index in [4.69, 9.17) is 0 Å². The van der Waals surface area contributed by atoms with Gasteiger partial charge >= 0.3 is 0 Å². The molecule has 8 heteroatoms. The second-order valence-electron chi connectivity index (χ2n) is 7.68. The summed E-state index contributed by atoms with van der Waals surface area (Å²) >= 11 is 1.20. The number of aromatic nitrogens is 2. The number of carbonyl (C=O) groups is 1. The van der Waals surface area contributed by atoms with Crippen molar-refractivity contribution >= 4 is 17.4 Å². The van der Waals surface area contributed by atoms with Crippen molar-refractivity contribution in [1.82, 2.24) is 24.3 Å². The molecular formula is C20H28FN5OS. The van der Waals surface area contributed by atoms with Crippen LogP contribution in [0.4, 0.5) is 4.39 Å². The molecule has 1 aliphatic rings. The van der Waals surface area contributed by atoms with Crippen molar-refractivity contribution in [2.45, 2.75) is 19.4 Å². The smallest absolute Gasteiger partial charge is 0.275 e. The Morgan fingerprint density at radius 2 is 2.14 bits per heavy atom. The maximum absolute atomic E-state index is 14.0. The number of amides is 1. The van der Waals surface area contributed by atoms with E-state index >= 15 is 0 Å². The molecular weight excluding hydrogens is 377 g/mol. The fraction of sp³-hybridized carbons (Fsp3) is 0.550. The topological polar surface area (TPSA) is 52.6 Å². The normalized spacial score (nSPS) is 17.8. The first-order valence-electron chi connectivity index (χ1n) is 9.69. The lowest BCUT2D eigenvalue weighted by molar-refractivity contribution is 0.0654. The number of hydrogen-bond acceptors (Lipinski definition) is 6. The highest BCUT2D eigenvalue weighted by Gasteiger charge is 2.26. The van der Waals surface area contributed by atoms with E-state index in [-0.39, 0.29) is 11.7 Å². The molecule has 0 radical (unpaired) electrons. The van der Waals surface area contributed by atoms with Crippen molar-refractivity contribution in [2.24, 2.45) is 5.92 Å². The molecule has 1 aromatic carbocycles. The molecule has 6 nitrogen and oxygen atoms in total. The zero-order chi connectivity index (χ0) is 19.9. The molecule has 1 atom stereocenters. The molecule has 1 fully saturated rings. The number of halogens is 1. The largest absolute Gasteiger partial charge is 0.336 e. The average molecular weight is 406 g/mol. The quantitative estimate of drug-likeness (QED) is 0.676. The van der Waals surface area contributed by atoms with E-state index in [1.165, 1.54) is 17.6 Å². The van der Waals surface area contributed by atoms with Crippen LogP contribution in [0, 0.1) is 11.7 Å². The fourth-order valence-electron chi connectivity index (χ4n) is 3.64. The second kappa shape index (κ2) is 10.0. The molecule has 2 aromatic rings. The van der Waals surface area contributed by atoms with E-state index in [2.05, 4.69) is 19.4 Å². The van der Waals surface area contributed by atoms with E-state index in [1.54, 1.807) is 11.4 Å². The number of carbonyl (C=O) groups excluding carboxylic acids is 1. The minimum Gasteiger partial charge on any atom is -0.336 e. The lowest BCUT2D eigenvalue weighted by atomic mass is 9.96. The number of likely N-dealkylation sites (tertiary alicyclic amines) is 1. The molecule has 0 saturated carbocycles. The summed E-state index contributed by atoms with van der Waals surface area (Å²) in [6.45, 7) is 4.60. The van der Waals surface area contributed by atoms with E-state index in [0.29, 0.717) is 31.2 Å². The predicted molar refractivity (Wildman–Crippen MR) is 109 cm³/mol. The van der Waals surface area contributed by atoms with Crippen LogP contribution in [0.5, 0.6) is 0 Å². The van der Waals surface area contributed by atoms with Gasteiger partial charge in [-0.3, -0.25) is 9.69 Å². The van der Waals surface area contributed by atoms with Crippen molar-refractivity contribution < 1.29 is 9.18 Å². The molecule has 28 heavy (non-hydrogen) atoms. The molecule has 3 rings (SSSR count). The lowest BCUT2D eigenvalue weighted by Crippen LogP contribution is -2.44. The highest BCUT2D eigenvalue weighted by atomic mass is 32.1. The van der Waals surface area contributed by atoms with Crippen LogP contribution in [0.1, 0.15) is 28.9 Å². The minimum atomic E-state index is -0.150. The van der Waals surface area contributed by atoms with Gasteiger partial charge in [-0.25, -0.2) is 4.39 Å². The number of nitrogens with zero attached hydrogens (tertiary/aromatic N) is 5. The zero-order valence-electron chi connectivity index (χ0n) is 16.6. The molecule has 0 aliphatic carbocycles. The van der Waals surface area contributed by atoms with E-state index < -0.39 is 0 Å². The van der Waals surface area contributed by atoms with Crippen LogP contribution in [-0.2, 0) is 6.54 Å². The van der Waals surface area contributed by atoms with Crippen LogP contribution in [0.15, 0.2) is 29.6 Å². The SMILES string of the molecule is CN(C)CCN(CC1CCCN(Cc2ccccc2F)C1)C(=O)c1csnn1. The van der Waals surface area contributed by atoms with Gasteiger partial charge in [-0.2, -0.15) is 0 Å². The van der Waals surface area contributed by atoms with Crippen LogP contribution >= 0.6 is 11.5 Å². The van der Waals surface area contributed by atoms with Crippen molar-refractivity contribution in [2.75, 3.05) is 46.8 Å². The summed E-state index contributed by atoms with van der Waals surface area (Å²) in [5.41, 5.74) is 1.15. The van der Waals surface area contributed by atoms with Gasteiger partial charge in [0.2, 0.25) is 0 Å². The van der Waals surface area contributed by atoms with E-state index in [0.717, 1.165) is 38.0 Å². The molecule has 0 N–H and O–H groups in total. The summed E-state index contributed by atoms with van der Waals surface area (Å²) in [4.78, 5) is 19.1. The molecule has 1 aliphatic heterocycles. The Morgan fingerprint density at radius 3 is 2.86 bits per heavy atom. The summed E-state index contributed by atoms with van der Waals surface area (Å²) in [6, 6.07) is 6.96. The van der Waals surface area contributed by atoms with Crippen LogP contribution in [0.25, 0.3) is 0 Å². The molecule has 0 bridgehead atoms. The monoisotopic (exact) mass is 405 g/mol. The number of benzene rings is 1. The third-order valence-electron chi connectivity index (χ3n) is 5.12. The molecule has 152 valence electrons. The van der Waals surface area contributed by atoms with Crippen LogP contribution in [0.2, 0.25) is 0 Å². The Labute approximate surface area is 170 Å². The molecule has 0 spiro atoms. The molecule has 1 aromatic heterocycles. The second-order valence-corrected chi connectivity index (χ2v) is 8.29. The summed E-state index contributed by atoms with van der Waals surface area (Å²) in [5.74, 6) is 0.170. The van der Waals surface area contributed by atoms with Gasteiger partial charge in [0.1, 0.15) is 5.82 Å². The fourth-order valence-corrected chi connectivity index (χ4v) is 4.07. The van der Waals surface area contributed by atoms with Crippen molar-refractivity contribution in [3.05, 3.63) is 46.7 Å². The van der Waals surface area contributed by atoms with Gasteiger partial charge in [0.15, 0.2) is 5.69 Å². The summed E-state index contributed by atoms with van der Waals surface area (Å²) in [7, 11) is 4.01. The summed E-state index contributed by atoms with van der Waals surface area (Å²) in [6.07, 6.45) is 2.14. The van der Waals surface area contributed by atoms with Crippen LogP contribution < -0.4 is 0 Å². The van der Waals surface area contributed by atoms with Crippen molar-refractivity contribution in [1.29, 1.82) is 0 Å².